The number of thiol groups is 1. The van der Waals surface area contributed by atoms with Crippen molar-refractivity contribution >= 4 is 29.2 Å². The van der Waals surface area contributed by atoms with Crippen molar-refractivity contribution in [2.75, 3.05) is 0 Å². The third-order valence-corrected chi connectivity index (χ3v) is 4.38. The Hall–Kier alpha value is -2.67. The highest BCUT2D eigenvalue weighted by atomic mass is 32.1. The van der Waals surface area contributed by atoms with Crippen molar-refractivity contribution in [2.24, 2.45) is 0 Å². The Kier molecular flexibility index (Phi) is 3.38. The van der Waals surface area contributed by atoms with E-state index in [4.69, 9.17) is 0 Å². The standard InChI is InChI=1S/C17H11F2N3OS/c18-11-6-3-5-10(15(11)19)16(24)13-8-14(23)22-17(20-13)9-4-1-2-7-12(9)21-22/h1-8,16,23-24H. The minimum absolute atomic E-state index is 0.0541. The van der Waals surface area contributed by atoms with E-state index in [1.807, 2.05) is 18.2 Å². The maximum atomic E-state index is 14.0. The monoisotopic (exact) mass is 343 g/mol. The van der Waals surface area contributed by atoms with E-state index in [0.717, 1.165) is 11.5 Å². The van der Waals surface area contributed by atoms with Gasteiger partial charge in [0.25, 0.3) is 0 Å². The zero-order valence-electron chi connectivity index (χ0n) is 12.2. The summed E-state index contributed by atoms with van der Waals surface area (Å²) < 4.78 is 28.8. The molecule has 2 aromatic carbocycles. The highest BCUT2D eigenvalue weighted by Gasteiger charge is 2.20. The number of rotatable bonds is 2. The molecule has 2 heterocycles. The van der Waals surface area contributed by atoms with E-state index < -0.39 is 16.9 Å². The second-order valence-corrected chi connectivity index (χ2v) is 5.85. The van der Waals surface area contributed by atoms with E-state index in [2.05, 4.69) is 22.7 Å². The largest absolute Gasteiger partial charge is 0.493 e. The Morgan fingerprint density at radius 1 is 1.08 bits per heavy atom. The minimum atomic E-state index is -0.975. The van der Waals surface area contributed by atoms with Gasteiger partial charge in [-0.05, 0) is 18.2 Å². The van der Waals surface area contributed by atoms with Gasteiger partial charge in [0, 0.05) is 17.0 Å². The summed E-state index contributed by atoms with van der Waals surface area (Å²) in [4.78, 5) is 4.45. The van der Waals surface area contributed by atoms with Crippen molar-refractivity contribution < 1.29 is 13.9 Å². The topological polar surface area (TPSA) is 50.4 Å². The Bertz CT molecular complexity index is 1080. The molecule has 0 saturated heterocycles. The van der Waals surface area contributed by atoms with Gasteiger partial charge in [-0.1, -0.05) is 24.3 Å². The molecule has 4 aromatic rings. The highest BCUT2D eigenvalue weighted by molar-refractivity contribution is 7.80. The van der Waals surface area contributed by atoms with E-state index in [-0.39, 0.29) is 11.4 Å². The lowest BCUT2D eigenvalue weighted by Crippen LogP contribution is -2.03. The molecule has 1 unspecified atom stereocenters. The van der Waals surface area contributed by atoms with Crippen molar-refractivity contribution in [1.82, 2.24) is 14.6 Å². The summed E-state index contributed by atoms with van der Waals surface area (Å²) in [7, 11) is 0. The van der Waals surface area contributed by atoms with Crippen LogP contribution in [0, 0.1) is 11.6 Å². The Morgan fingerprint density at radius 3 is 2.71 bits per heavy atom. The number of aromatic nitrogens is 3. The summed E-state index contributed by atoms with van der Waals surface area (Å²) >= 11 is 4.36. The van der Waals surface area contributed by atoms with Crippen LogP contribution in [-0.4, -0.2) is 19.7 Å². The number of nitrogens with zero attached hydrogens (tertiary/aromatic N) is 3. The molecule has 0 saturated carbocycles. The fraction of sp³-hybridized carbons (Fsp3) is 0.0588. The minimum Gasteiger partial charge on any atom is -0.493 e. The van der Waals surface area contributed by atoms with Crippen LogP contribution in [0.1, 0.15) is 16.5 Å². The Labute approximate surface area is 140 Å². The molecule has 0 spiro atoms. The van der Waals surface area contributed by atoms with Gasteiger partial charge in [0.05, 0.1) is 16.5 Å². The van der Waals surface area contributed by atoms with Crippen molar-refractivity contribution in [3.63, 3.8) is 0 Å². The predicted octanol–water partition coefficient (Wildman–Crippen LogP) is 3.89. The van der Waals surface area contributed by atoms with Gasteiger partial charge in [0.2, 0.25) is 5.88 Å². The summed E-state index contributed by atoms with van der Waals surface area (Å²) in [6, 6.07) is 12.5. The number of hydrogen-bond donors (Lipinski definition) is 2. The van der Waals surface area contributed by atoms with Crippen LogP contribution in [0.25, 0.3) is 16.6 Å². The normalized spacial score (nSPS) is 12.8. The predicted molar refractivity (Wildman–Crippen MR) is 89.3 cm³/mol. The van der Waals surface area contributed by atoms with Gasteiger partial charge in [0.1, 0.15) is 0 Å². The number of hydrogen-bond acceptors (Lipinski definition) is 4. The van der Waals surface area contributed by atoms with Crippen LogP contribution in [-0.2, 0) is 0 Å². The SMILES string of the molecule is Oc1cc(C(S)c2cccc(F)c2F)nc2c3ccccc3nn12. The summed E-state index contributed by atoms with van der Waals surface area (Å²) in [5.41, 5.74) is 1.46. The van der Waals surface area contributed by atoms with Gasteiger partial charge >= 0.3 is 0 Å². The zero-order valence-corrected chi connectivity index (χ0v) is 13.1. The smallest absolute Gasteiger partial charge is 0.215 e. The van der Waals surface area contributed by atoms with Crippen LogP contribution in [0.3, 0.4) is 0 Å². The lowest BCUT2D eigenvalue weighted by molar-refractivity contribution is 0.434. The molecule has 0 bridgehead atoms. The lowest BCUT2D eigenvalue weighted by atomic mass is 10.1. The molecule has 0 aliphatic carbocycles. The molecule has 120 valence electrons. The molecule has 0 aliphatic heterocycles. The van der Waals surface area contributed by atoms with Crippen molar-refractivity contribution in [1.29, 1.82) is 0 Å². The van der Waals surface area contributed by atoms with Crippen LogP contribution in [0.4, 0.5) is 8.78 Å². The maximum absolute atomic E-state index is 14.0. The molecule has 1 atom stereocenters. The van der Waals surface area contributed by atoms with Crippen molar-refractivity contribution in [3.05, 3.63) is 71.4 Å². The molecule has 4 nitrogen and oxygen atoms in total. The first-order valence-electron chi connectivity index (χ1n) is 7.15. The number of aromatic hydroxyl groups is 1. The van der Waals surface area contributed by atoms with Gasteiger partial charge < -0.3 is 5.11 Å². The van der Waals surface area contributed by atoms with Gasteiger partial charge in [-0.15, -0.1) is 0 Å². The van der Waals surface area contributed by atoms with Crippen LogP contribution in [0.2, 0.25) is 0 Å². The lowest BCUT2D eigenvalue weighted by Gasteiger charge is -2.13. The summed E-state index contributed by atoms with van der Waals surface area (Å²) in [6.45, 7) is 0. The molecule has 2 aromatic heterocycles. The third-order valence-electron chi connectivity index (χ3n) is 3.84. The van der Waals surface area contributed by atoms with Crippen molar-refractivity contribution in [3.8, 4) is 5.88 Å². The second-order valence-electron chi connectivity index (χ2n) is 5.34. The molecule has 1 N–H and O–H groups in total. The van der Waals surface area contributed by atoms with Gasteiger partial charge in [-0.2, -0.15) is 22.2 Å². The van der Waals surface area contributed by atoms with E-state index >= 15 is 0 Å². The molecule has 0 radical (unpaired) electrons. The van der Waals surface area contributed by atoms with Crippen LogP contribution in [0.5, 0.6) is 5.88 Å². The summed E-state index contributed by atoms with van der Waals surface area (Å²) in [6.07, 6.45) is 0. The summed E-state index contributed by atoms with van der Waals surface area (Å²) in [5.74, 6) is -2.08. The highest BCUT2D eigenvalue weighted by Crippen LogP contribution is 2.33. The van der Waals surface area contributed by atoms with Crippen LogP contribution in [0.15, 0.2) is 48.5 Å². The molecule has 7 heteroatoms. The first kappa shape index (κ1) is 14.9. The first-order chi connectivity index (χ1) is 11.6. The van der Waals surface area contributed by atoms with E-state index in [1.54, 1.807) is 6.07 Å². The van der Waals surface area contributed by atoms with E-state index in [9.17, 15) is 13.9 Å². The molecular formula is C17H11F2N3OS. The number of benzene rings is 2. The second kappa shape index (κ2) is 5.45. The van der Waals surface area contributed by atoms with Crippen LogP contribution < -0.4 is 0 Å². The maximum Gasteiger partial charge on any atom is 0.215 e. The van der Waals surface area contributed by atoms with Crippen LogP contribution >= 0.6 is 12.6 Å². The van der Waals surface area contributed by atoms with Gasteiger partial charge in [0.15, 0.2) is 17.3 Å². The molecular weight excluding hydrogens is 332 g/mol. The quantitative estimate of drug-likeness (QED) is 0.543. The van der Waals surface area contributed by atoms with Gasteiger partial charge in [-0.25, -0.2) is 13.8 Å². The fourth-order valence-corrected chi connectivity index (χ4v) is 3.00. The van der Waals surface area contributed by atoms with E-state index in [0.29, 0.717) is 16.9 Å². The first-order valence-corrected chi connectivity index (χ1v) is 7.67. The zero-order chi connectivity index (χ0) is 16.8. The molecule has 0 amide bonds. The fourth-order valence-electron chi connectivity index (χ4n) is 2.67. The summed E-state index contributed by atoms with van der Waals surface area (Å²) in [5, 5.41) is 14.4. The third kappa shape index (κ3) is 2.20. The average Bonchev–Trinajstić information content (AvgIpc) is 2.96. The molecule has 4 rings (SSSR count). The average molecular weight is 343 g/mol. The molecule has 24 heavy (non-hydrogen) atoms. The number of fused-ring (bicyclic) bond motifs is 3. The Morgan fingerprint density at radius 2 is 1.88 bits per heavy atom. The van der Waals surface area contributed by atoms with Crippen molar-refractivity contribution in [2.45, 2.75) is 5.25 Å². The van der Waals surface area contributed by atoms with Gasteiger partial charge in [-0.3, -0.25) is 0 Å². The Balaban J connectivity index is 1.93. The van der Waals surface area contributed by atoms with E-state index in [1.165, 1.54) is 22.7 Å². The number of halogens is 2. The molecule has 0 fully saturated rings. The molecule has 0 aliphatic rings.